The smallest absolute Gasteiger partial charge is 0.185 e. The lowest BCUT2D eigenvalue weighted by atomic mass is 9.97. The molecule has 0 radical (unpaired) electrons. The van der Waals surface area contributed by atoms with Gasteiger partial charge in [-0.2, -0.15) is 0 Å². The highest BCUT2D eigenvalue weighted by Crippen LogP contribution is 2.58. The fourth-order valence-corrected chi connectivity index (χ4v) is 6.71. The molecule has 1 aliphatic carbocycles. The van der Waals surface area contributed by atoms with Gasteiger partial charge in [0.25, 0.3) is 0 Å². The second-order valence-electron chi connectivity index (χ2n) is 11.1. The van der Waals surface area contributed by atoms with Crippen molar-refractivity contribution in [3.05, 3.63) is 64.0 Å². The van der Waals surface area contributed by atoms with Crippen molar-refractivity contribution in [1.82, 2.24) is 9.88 Å². The van der Waals surface area contributed by atoms with Gasteiger partial charge in [0, 0.05) is 55.7 Å². The van der Waals surface area contributed by atoms with Crippen molar-refractivity contribution < 1.29 is 14.6 Å². The summed E-state index contributed by atoms with van der Waals surface area (Å²) in [4.78, 5) is 9.89. The van der Waals surface area contributed by atoms with Gasteiger partial charge in [-0.05, 0) is 61.4 Å². The Kier molecular flexibility index (Phi) is 6.97. The third kappa shape index (κ3) is 5.28. The second-order valence-corrected chi connectivity index (χ2v) is 11.9. The number of hydrogen-bond donors (Lipinski definition) is 1. The van der Waals surface area contributed by atoms with Crippen LogP contribution in [0.1, 0.15) is 35.1 Å². The molecule has 6 nitrogen and oxygen atoms in total. The molecule has 196 valence electrons. The highest BCUT2D eigenvalue weighted by Gasteiger charge is 2.56. The first-order chi connectivity index (χ1) is 18.0. The van der Waals surface area contributed by atoms with Crippen LogP contribution < -0.4 is 9.64 Å². The fourth-order valence-electron chi connectivity index (χ4n) is 5.85. The molecule has 0 bridgehead atoms. The Morgan fingerprint density at radius 1 is 1.14 bits per heavy atom. The van der Waals surface area contributed by atoms with Crippen LogP contribution in [0, 0.1) is 25.2 Å². The SMILES string of the molecule is Cc1ccc(OCc2ccc(CN3CCOCC3)cc2C)c(-c2csc(N3CCC4(CO)CC4C3)n2)c1. The quantitative estimate of drug-likeness (QED) is 0.450. The average molecular weight is 520 g/mol. The summed E-state index contributed by atoms with van der Waals surface area (Å²) in [6.45, 7) is 11.8. The highest BCUT2D eigenvalue weighted by atomic mass is 32.1. The summed E-state index contributed by atoms with van der Waals surface area (Å²) in [5, 5.41) is 13.0. The number of morpholine rings is 1. The molecule has 7 heteroatoms. The van der Waals surface area contributed by atoms with E-state index in [4.69, 9.17) is 14.5 Å². The number of ether oxygens (including phenoxy) is 2. The number of benzene rings is 2. The van der Waals surface area contributed by atoms with E-state index in [1.807, 2.05) is 0 Å². The second kappa shape index (κ2) is 10.4. The number of hydrogen-bond acceptors (Lipinski definition) is 7. The normalized spacial score (nSPS) is 23.6. The van der Waals surface area contributed by atoms with Gasteiger partial charge in [0.2, 0.25) is 0 Å². The van der Waals surface area contributed by atoms with Gasteiger partial charge in [-0.25, -0.2) is 4.98 Å². The standard InChI is InChI=1S/C30H37N3O3S/c1-21-3-6-28(36-18-24-5-4-23(14-22(24)2)16-32-9-11-35-12-10-32)26(13-21)27-19-37-29(31-27)33-8-7-30(20-34)15-25(30)17-33/h3-6,13-14,19,25,34H,7-12,15-18,20H2,1-2H3. The molecule has 37 heavy (non-hydrogen) atoms. The van der Waals surface area contributed by atoms with E-state index in [1.165, 1.54) is 22.3 Å². The van der Waals surface area contributed by atoms with Crippen LogP contribution in [-0.4, -0.2) is 61.0 Å². The monoisotopic (exact) mass is 519 g/mol. The first-order valence-electron chi connectivity index (χ1n) is 13.5. The molecule has 3 heterocycles. The van der Waals surface area contributed by atoms with Crippen molar-refractivity contribution in [3.63, 3.8) is 0 Å². The van der Waals surface area contributed by atoms with Crippen molar-refractivity contribution in [2.75, 3.05) is 50.9 Å². The number of rotatable bonds is 8. The number of aromatic nitrogens is 1. The molecule has 2 aliphatic heterocycles. The van der Waals surface area contributed by atoms with Crippen molar-refractivity contribution in [2.45, 2.75) is 39.8 Å². The molecule has 3 aliphatic rings. The molecule has 1 aromatic heterocycles. The molecule has 1 N–H and O–H groups in total. The van der Waals surface area contributed by atoms with Crippen LogP contribution in [-0.2, 0) is 17.9 Å². The van der Waals surface area contributed by atoms with Crippen LogP contribution in [0.25, 0.3) is 11.3 Å². The molecule has 3 fully saturated rings. The zero-order valence-corrected chi connectivity index (χ0v) is 22.7. The Balaban J connectivity index is 1.14. The molecule has 2 saturated heterocycles. The third-order valence-corrected chi connectivity index (χ3v) is 9.37. The molecule has 2 unspecified atom stereocenters. The van der Waals surface area contributed by atoms with E-state index in [9.17, 15) is 5.11 Å². The van der Waals surface area contributed by atoms with Gasteiger partial charge in [-0.3, -0.25) is 4.90 Å². The number of aryl methyl sites for hydroxylation is 2. The van der Waals surface area contributed by atoms with E-state index in [1.54, 1.807) is 11.3 Å². The van der Waals surface area contributed by atoms with E-state index in [-0.39, 0.29) is 5.41 Å². The number of piperidine rings is 1. The average Bonchev–Trinajstić information content (AvgIpc) is 3.44. The van der Waals surface area contributed by atoms with E-state index >= 15 is 0 Å². The van der Waals surface area contributed by atoms with Crippen LogP contribution >= 0.6 is 11.3 Å². The molecule has 0 amide bonds. The molecule has 0 spiro atoms. The van der Waals surface area contributed by atoms with Crippen LogP contribution in [0.3, 0.4) is 0 Å². The number of thiazole rings is 1. The lowest BCUT2D eigenvalue weighted by molar-refractivity contribution is 0.0342. The maximum Gasteiger partial charge on any atom is 0.185 e. The number of aliphatic hydroxyl groups is 1. The Morgan fingerprint density at radius 3 is 2.78 bits per heavy atom. The van der Waals surface area contributed by atoms with Crippen LogP contribution in [0.2, 0.25) is 0 Å². The molecule has 1 saturated carbocycles. The Labute approximate surface area is 223 Å². The molecule has 2 aromatic carbocycles. The molecular weight excluding hydrogens is 482 g/mol. The van der Waals surface area contributed by atoms with Gasteiger partial charge in [0.05, 0.1) is 18.9 Å². The molecule has 3 aromatic rings. The predicted octanol–water partition coefficient (Wildman–Crippen LogP) is 5.05. The Bertz CT molecular complexity index is 1250. The third-order valence-electron chi connectivity index (χ3n) is 8.47. The summed E-state index contributed by atoms with van der Waals surface area (Å²) in [6.07, 6.45) is 2.22. The van der Waals surface area contributed by atoms with Crippen molar-refractivity contribution in [3.8, 4) is 17.0 Å². The van der Waals surface area contributed by atoms with Gasteiger partial charge in [0.1, 0.15) is 12.4 Å². The summed E-state index contributed by atoms with van der Waals surface area (Å²) in [5.74, 6) is 1.49. The number of aliphatic hydroxyl groups excluding tert-OH is 1. The van der Waals surface area contributed by atoms with Crippen molar-refractivity contribution >= 4 is 16.5 Å². The van der Waals surface area contributed by atoms with E-state index in [0.717, 1.165) is 80.9 Å². The zero-order valence-electron chi connectivity index (χ0n) is 21.9. The molecule has 2 atom stereocenters. The summed E-state index contributed by atoms with van der Waals surface area (Å²) in [5.41, 5.74) is 7.25. The van der Waals surface area contributed by atoms with Gasteiger partial charge in [-0.15, -0.1) is 11.3 Å². The number of nitrogens with zero attached hydrogens (tertiary/aromatic N) is 3. The first-order valence-corrected chi connectivity index (χ1v) is 14.3. The molecule has 6 rings (SSSR count). The predicted molar refractivity (Wildman–Crippen MR) is 148 cm³/mol. The fraction of sp³-hybridized carbons (Fsp3) is 0.500. The minimum absolute atomic E-state index is 0.201. The van der Waals surface area contributed by atoms with Crippen molar-refractivity contribution in [1.29, 1.82) is 0 Å². The minimum atomic E-state index is 0.201. The topological polar surface area (TPSA) is 58.1 Å². The molecular formula is C30H37N3O3S. The summed E-state index contributed by atoms with van der Waals surface area (Å²) < 4.78 is 11.9. The zero-order chi connectivity index (χ0) is 25.4. The van der Waals surface area contributed by atoms with E-state index in [0.29, 0.717) is 19.1 Å². The lowest BCUT2D eigenvalue weighted by Crippen LogP contribution is -2.35. The van der Waals surface area contributed by atoms with Crippen LogP contribution in [0.4, 0.5) is 5.13 Å². The Hall–Kier alpha value is -2.45. The summed E-state index contributed by atoms with van der Waals surface area (Å²) in [6, 6.07) is 13.1. The van der Waals surface area contributed by atoms with Gasteiger partial charge in [-0.1, -0.05) is 29.8 Å². The Morgan fingerprint density at radius 2 is 2.00 bits per heavy atom. The first kappa shape index (κ1) is 24.9. The summed E-state index contributed by atoms with van der Waals surface area (Å²) in [7, 11) is 0. The van der Waals surface area contributed by atoms with Crippen LogP contribution in [0.5, 0.6) is 5.75 Å². The van der Waals surface area contributed by atoms with Crippen LogP contribution in [0.15, 0.2) is 41.8 Å². The van der Waals surface area contributed by atoms with Gasteiger partial charge >= 0.3 is 0 Å². The van der Waals surface area contributed by atoms with E-state index < -0.39 is 0 Å². The number of anilines is 1. The summed E-state index contributed by atoms with van der Waals surface area (Å²) >= 11 is 1.71. The maximum absolute atomic E-state index is 9.74. The van der Waals surface area contributed by atoms with E-state index in [2.05, 4.69) is 65.4 Å². The van der Waals surface area contributed by atoms with Gasteiger partial charge < -0.3 is 19.5 Å². The van der Waals surface area contributed by atoms with Gasteiger partial charge in [0.15, 0.2) is 5.13 Å². The highest BCUT2D eigenvalue weighted by molar-refractivity contribution is 7.14. The lowest BCUT2D eigenvalue weighted by Gasteiger charge is -2.30. The van der Waals surface area contributed by atoms with Crippen molar-refractivity contribution in [2.24, 2.45) is 11.3 Å². The maximum atomic E-state index is 9.74. The largest absolute Gasteiger partial charge is 0.488 e. The minimum Gasteiger partial charge on any atom is -0.488 e. The number of fused-ring (bicyclic) bond motifs is 1.